The molecule has 0 saturated carbocycles. The molecule has 4 nitrogen and oxygen atoms in total. The van der Waals surface area contributed by atoms with Crippen LogP contribution in [-0.4, -0.2) is 11.9 Å². The zero-order chi connectivity index (χ0) is 18.2. The Labute approximate surface area is 146 Å². The Hall–Kier alpha value is -2.69. The van der Waals surface area contributed by atoms with Crippen molar-refractivity contribution in [3.8, 4) is 11.5 Å². The van der Waals surface area contributed by atoms with Crippen LogP contribution >= 0.6 is 0 Å². The molecular formula is C20H21FO4. The van der Waals surface area contributed by atoms with Gasteiger partial charge in [0.1, 0.15) is 5.75 Å². The lowest BCUT2D eigenvalue weighted by molar-refractivity contribution is -0.136. The standard InChI is InChI=1S/C20H21FO4/c1-14(2)15-8-3-5-10-17(15)24-19(22)12-7-13-20(23)25-18-11-6-4-9-16(18)21/h3-6,8-11,14H,7,12-13H2,1-2H3. The van der Waals surface area contributed by atoms with E-state index >= 15 is 0 Å². The highest BCUT2D eigenvalue weighted by Gasteiger charge is 2.13. The largest absolute Gasteiger partial charge is 0.426 e. The van der Waals surface area contributed by atoms with E-state index < -0.39 is 17.8 Å². The molecule has 0 N–H and O–H groups in total. The number of hydrogen-bond acceptors (Lipinski definition) is 4. The van der Waals surface area contributed by atoms with Crippen molar-refractivity contribution in [2.24, 2.45) is 0 Å². The van der Waals surface area contributed by atoms with E-state index in [1.165, 1.54) is 18.2 Å². The van der Waals surface area contributed by atoms with Gasteiger partial charge < -0.3 is 9.47 Å². The molecule has 0 spiro atoms. The molecular weight excluding hydrogens is 323 g/mol. The summed E-state index contributed by atoms with van der Waals surface area (Å²) >= 11 is 0. The first kappa shape index (κ1) is 18.6. The SMILES string of the molecule is CC(C)c1ccccc1OC(=O)CCCC(=O)Oc1ccccc1F. The number of hydrogen-bond donors (Lipinski definition) is 0. The van der Waals surface area contributed by atoms with E-state index in [-0.39, 0.29) is 30.9 Å². The topological polar surface area (TPSA) is 52.6 Å². The van der Waals surface area contributed by atoms with Crippen LogP contribution in [0.3, 0.4) is 0 Å². The smallest absolute Gasteiger partial charge is 0.311 e. The molecule has 0 aliphatic heterocycles. The Morgan fingerprint density at radius 1 is 0.880 bits per heavy atom. The van der Waals surface area contributed by atoms with Gasteiger partial charge in [-0.25, -0.2) is 4.39 Å². The molecule has 0 aromatic heterocycles. The Morgan fingerprint density at radius 2 is 1.40 bits per heavy atom. The van der Waals surface area contributed by atoms with Crippen molar-refractivity contribution in [2.75, 3.05) is 0 Å². The lowest BCUT2D eigenvalue weighted by atomic mass is 10.0. The first-order chi connectivity index (χ1) is 12.0. The minimum atomic E-state index is -0.597. The molecule has 2 rings (SSSR count). The number of benzene rings is 2. The lowest BCUT2D eigenvalue weighted by Crippen LogP contribution is -2.12. The summed E-state index contributed by atoms with van der Waals surface area (Å²) in [5, 5.41) is 0. The summed E-state index contributed by atoms with van der Waals surface area (Å²) in [6.45, 7) is 4.04. The van der Waals surface area contributed by atoms with Gasteiger partial charge in [-0.3, -0.25) is 9.59 Å². The predicted molar refractivity (Wildman–Crippen MR) is 92.1 cm³/mol. The van der Waals surface area contributed by atoms with E-state index in [0.29, 0.717) is 5.75 Å². The molecule has 25 heavy (non-hydrogen) atoms. The zero-order valence-electron chi connectivity index (χ0n) is 14.3. The number of carbonyl (C=O) groups excluding carboxylic acids is 2. The van der Waals surface area contributed by atoms with E-state index in [4.69, 9.17) is 9.47 Å². The zero-order valence-corrected chi connectivity index (χ0v) is 14.3. The fraction of sp³-hybridized carbons (Fsp3) is 0.300. The van der Waals surface area contributed by atoms with Crippen LogP contribution < -0.4 is 9.47 Å². The number of para-hydroxylation sites is 2. The van der Waals surface area contributed by atoms with E-state index in [1.54, 1.807) is 18.2 Å². The van der Waals surface area contributed by atoms with E-state index in [1.807, 2.05) is 26.0 Å². The van der Waals surface area contributed by atoms with Crippen LogP contribution in [0.25, 0.3) is 0 Å². The number of ether oxygens (including phenoxy) is 2. The van der Waals surface area contributed by atoms with Crippen molar-refractivity contribution in [2.45, 2.75) is 39.0 Å². The van der Waals surface area contributed by atoms with Crippen molar-refractivity contribution >= 4 is 11.9 Å². The first-order valence-electron chi connectivity index (χ1n) is 8.22. The van der Waals surface area contributed by atoms with E-state index in [9.17, 15) is 14.0 Å². The molecule has 0 unspecified atom stereocenters. The summed E-state index contributed by atoms with van der Waals surface area (Å²) in [5.74, 6) is -0.926. The van der Waals surface area contributed by atoms with Crippen molar-refractivity contribution < 1.29 is 23.5 Å². The number of rotatable bonds is 7. The Balaban J connectivity index is 1.79. The van der Waals surface area contributed by atoms with Crippen molar-refractivity contribution in [1.29, 1.82) is 0 Å². The number of halogens is 1. The predicted octanol–water partition coefficient (Wildman–Crippen LogP) is 4.63. The molecule has 0 atom stereocenters. The maximum Gasteiger partial charge on any atom is 0.311 e. The van der Waals surface area contributed by atoms with Gasteiger partial charge in [0.2, 0.25) is 0 Å². The Morgan fingerprint density at radius 3 is 2.00 bits per heavy atom. The lowest BCUT2D eigenvalue weighted by Gasteiger charge is -2.12. The second kappa shape index (κ2) is 8.97. The van der Waals surface area contributed by atoms with Gasteiger partial charge in [0.05, 0.1) is 0 Å². The molecule has 0 radical (unpaired) electrons. The molecule has 0 heterocycles. The maximum atomic E-state index is 13.4. The summed E-state index contributed by atoms with van der Waals surface area (Å²) in [5.41, 5.74) is 0.954. The van der Waals surface area contributed by atoms with Gasteiger partial charge in [0.25, 0.3) is 0 Å². The molecule has 0 saturated heterocycles. The van der Waals surface area contributed by atoms with Crippen LogP contribution in [0.4, 0.5) is 4.39 Å². The van der Waals surface area contributed by atoms with Crippen LogP contribution in [0.2, 0.25) is 0 Å². The monoisotopic (exact) mass is 344 g/mol. The highest BCUT2D eigenvalue weighted by molar-refractivity contribution is 5.75. The molecule has 0 aliphatic rings. The van der Waals surface area contributed by atoms with E-state index in [2.05, 4.69) is 0 Å². The summed E-state index contributed by atoms with van der Waals surface area (Å²) in [6.07, 6.45) is 0.365. The maximum absolute atomic E-state index is 13.4. The van der Waals surface area contributed by atoms with Crippen molar-refractivity contribution in [1.82, 2.24) is 0 Å². The molecule has 2 aromatic carbocycles. The Bertz CT molecular complexity index is 740. The molecule has 0 fully saturated rings. The fourth-order valence-corrected chi connectivity index (χ4v) is 2.30. The molecule has 132 valence electrons. The summed E-state index contributed by atoms with van der Waals surface area (Å²) in [6, 6.07) is 13.0. The van der Waals surface area contributed by atoms with Gasteiger partial charge >= 0.3 is 11.9 Å². The first-order valence-corrected chi connectivity index (χ1v) is 8.22. The quantitative estimate of drug-likeness (QED) is 0.543. The third-order valence-electron chi connectivity index (χ3n) is 3.59. The van der Waals surface area contributed by atoms with E-state index in [0.717, 1.165) is 5.56 Å². The normalized spacial score (nSPS) is 10.6. The molecule has 0 aliphatic carbocycles. The molecule has 0 amide bonds. The summed E-state index contributed by atoms with van der Waals surface area (Å²) < 4.78 is 23.7. The van der Waals surface area contributed by atoms with Gasteiger partial charge in [-0.2, -0.15) is 0 Å². The highest BCUT2D eigenvalue weighted by atomic mass is 19.1. The second-order valence-electron chi connectivity index (χ2n) is 5.92. The third kappa shape index (κ3) is 5.71. The highest BCUT2D eigenvalue weighted by Crippen LogP contribution is 2.26. The molecule has 5 heteroatoms. The van der Waals surface area contributed by atoms with Gasteiger partial charge in [0, 0.05) is 12.8 Å². The van der Waals surface area contributed by atoms with Gasteiger partial charge in [-0.1, -0.05) is 44.2 Å². The van der Waals surface area contributed by atoms with Gasteiger partial charge in [0.15, 0.2) is 11.6 Å². The fourth-order valence-electron chi connectivity index (χ4n) is 2.30. The van der Waals surface area contributed by atoms with Crippen LogP contribution in [0.5, 0.6) is 11.5 Å². The van der Waals surface area contributed by atoms with Crippen LogP contribution in [-0.2, 0) is 9.59 Å². The van der Waals surface area contributed by atoms with Gasteiger partial charge in [-0.15, -0.1) is 0 Å². The van der Waals surface area contributed by atoms with Gasteiger partial charge in [-0.05, 0) is 36.1 Å². The minimum absolute atomic E-state index is 0.00919. The summed E-state index contributed by atoms with van der Waals surface area (Å²) in [4.78, 5) is 23.7. The molecule has 0 bridgehead atoms. The average Bonchev–Trinajstić information content (AvgIpc) is 2.57. The second-order valence-corrected chi connectivity index (χ2v) is 5.92. The number of carbonyl (C=O) groups is 2. The average molecular weight is 344 g/mol. The van der Waals surface area contributed by atoms with Crippen molar-refractivity contribution in [3.63, 3.8) is 0 Å². The summed E-state index contributed by atoms with van der Waals surface area (Å²) in [7, 11) is 0. The number of esters is 2. The van der Waals surface area contributed by atoms with Crippen LogP contribution in [0, 0.1) is 5.82 Å². The van der Waals surface area contributed by atoms with Crippen LogP contribution in [0.1, 0.15) is 44.6 Å². The third-order valence-corrected chi connectivity index (χ3v) is 3.59. The van der Waals surface area contributed by atoms with Crippen molar-refractivity contribution in [3.05, 3.63) is 59.9 Å². The minimum Gasteiger partial charge on any atom is -0.426 e. The molecule has 2 aromatic rings. The Kier molecular flexibility index (Phi) is 6.69. The van der Waals surface area contributed by atoms with Crippen LogP contribution in [0.15, 0.2) is 48.5 Å².